The molecule has 1 fully saturated rings. The van der Waals surface area contributed by atoms with Crippen LogP contribution in [0.3, 0.4) is 0 Å². The van der Waals surface area contributed by atoms with E-state index in [1.165, 1.54) is 28.5 Å². The van der Waals surface area contributed by atoms with E-state index in [1.807, 2.05) is 39.0 Å². The van der Waals surface area contributed by atoms with Gasteiger partial charge in [0.25, 0.3) is 10.0 Å². The monoisotopic (exact) mass is 580 g/mol. The molecule has 1 saturated heterocycles. The zero-order chi connectivity index (χ0) is 29.1. The number of thiophene rings is 1. The van der Waals surface area contributed by atoms with Gasteiger partial charge in [0.15, 0.2) is 4.91 Å². The van der Waals surface area contributed by atoms with Crippen molar-refractivity contribution in [2.24, 2.45) is 0 Å². The number of nitrogens with one attached hydrogen (secondary N) is 1. The first-order chi connectivity index (χ1) is 18.7. The molecule has 0 amide bonds. The van der Waals surface area contributed by atoms with Crippen molar-refractivity contribution >= 4 is 43.9 Å². The SMILES string of the molecule is CN1CCN(c2ccc3cc(-c4ccc(/C=C(\C#N)S(=O)(=O)NC(C)(C)CCOC(C)(C)C)s4)ccc3c2)CC1. The van der Waals surface area contributed by atoms with Crippen molar-refractivity contribution in [3.05, 3.63) is 58.3 Å². The molecule has 0 unspecified atom stereocenters. The molecule has 1 aliphatic rings. The van der Waals surface area contributed by atoms with Crippen molar-refractivity contribution < 1.29 is 13.2 Å². The smallest absolute Gasteiger partial charge is 0.251 e. The molecule has 0 radical (unpaired) electrons. The highest BCUT2D eigenvalue weighted by Gasteiger charge is 2.28. The Morgan fingerprint density at radius 2 is 1.70 bits per heavy atom. The summed E-state index contributed by atoms with van der Waals surface area (Å²) < 4.78 is 34.6. The van der Waals surface area contributed by atoms with Crippen LogP contribution in [0.1, 0.15) is 45.9 Å². The summed E-state index contributed by atoms with van der Waals surface area (Å²) in [5.74, 6) is 0. The predicted octanol–water partition coefficient (Wildman–Crippen LogP) is 6.09. The molecular formula is C31H40N4O3S2. The number of benzene rings is 2. The van der Waals surface area contributed by atoms with E-state index in [0.717, 1.165) is 42.0 Å². The molecule has 2 heterocycles. The van der Waals surface area contributed by atoms with E-state index < -0.39 is 15.6 Å². The first-order valence-corrected chi connectivity index (χ1v) is 15.9. The van der Waals surface area contributed by atoms with Gasteiger partial charge in [-0.05, 0) is 101 Å². The van der Waals surface area contributed by atoms with Gasteiger partial charge >= 0.3 is 0 Å². The molecule has 3 aromatic rings. The molecule has 0 spiro atoms. The Bertz CT molecular complexity index is 1520. The second kappa shape index (κ2) is 12.0. The maximum Gasteiger partial charge on any atom is 0.251 e. The Labute approximate surface area is 243 Å². The predicted molar refractivity (Wildman–Crippen MR) is 167 cm³/mol. The van der Waals surface area contributed by atoms with Gasteiger partial charge in [-0.1, -0.05) is 18.2 Å². The first-order valence-electron chi connectivity index (χ1n) is 13.6. The molecule has 2 aromatic carbocycles. The lowest BCUT2D eigenvalue weighted by molar-refractivity contribution is -0.0102. The summed E-state index contributed by atoms with van der Waals surface area (Å²) in [5.41, 5.74) is 1.24. The number of nitriles is 1. The Kier molecular flexibility index (Phi) is 9.08. The number of hydrogen-bond donors (Lipinski definition) is 1. The molecule has 0 aliphatic carbocycles. The van der Waals surface area contributed by atoms with E-state index in [9.17, 15) is 13.7 Å². The molecule has 214 valence electrons. The summed E-state index contributed by atoms with van der Waals surface area (Å²) >= 11 is 1.46. The summed E-state index contributed by atoms with van der Waals surface area (Å²) in [7, 11) is -1.84. The molecule has 1 N–H and O–H groups in total. The minimum atomic E-state index is -4.00. The molecule has 0 bridgehead atoms. The van der Waals surface area contributed by atoms with Crippen LogP contribution >= 0.6 is 11.3 Å². The zero-order valence-electron chi connectivity index (χ0n) is 24.3. The summed E-state index contributed by atoms with van der Waals surface area (Å²) in [6.45, 7) is 14.1. The standard InChI is InChI=1S/C31H40N4O3S2/c1-30(2,3)38-18-13-31(4,5)33-40(36,37)28(22-32)21-27-11-12-29(39-27)25-8-7-24-20-26(10-9-23(24)19-25)35-16-14-34(6)15-17-35/h7-12,19-21,33H,13-18H2,1-6H3/b28-21+. The van der Waals surface area contributed by atoms with E-state index in [4.69, 9.17) is 4.74 Å². The largest absolute Gasteiger partial charge is 0.376 e. The second-order valence-corrected chi connectivity index (χ2v) is 14.8. The van der Waals surface area contributed by atoms with Crippen LogP contribution < -0.4 is 9.62 Å². The van der Waals surface area contributed by atoms with Gasteiger partial charge in [0.05, 0.1) is 5.60 Å². The van der Waals surface area contributed by atoms with Crippen molar-refractivity contribution in [3.63, 3.8) is 0 Å². The molecule has 1 aliphatic heterocycles. The van der Waals surface area contributed by atoms with Gasteiger partial charge in [-0.2, -0.15) is 5.26 Å². The molecule has 0 atom stereocenters. The highest BCUT2D eigenvalue weighted by Crippen LogP contribution is 2.33. The Balaban J connectivity index is 1.48. The van der Waals surface area contributed by atoms with Crippen molar-refractivity contribution in [3.8, 4) is 16.5 Å². The summed E-state index contributed by atoms with van der Waals surface area (Å²) in [6, 6.07) is 18.7. The van der Waals surface area contributed by atoms with E-state index in [2.05, 4.69) is 58.0 Å². The van der Waals surface area contributed by atoms with Gasteiger partial charge in [0, 0.05) is 53.8 Å². The maximum absolute atomic E-state index is 13.1. The third-order valence-electron chi connectivity index (χ3n) is 6.95. The topological polar surface area (TPSA) is 85.7 Å². The van der Waals surface area contributed by atoms with Gasteiger partial charge in [0.1, 0.15) is 6.07 Å². The molecule has 1 aromatic heterocycles. The fourth-order valence-electron chi connectivity index (χ4n) is 4.61. The van der Waals surface area contributed by atoms with Crippen molar-refractivity contribution in [2.75, 3.05) is 44.7 Å². The quantitative estimate of drug-likeness (QED) is 0.309. The van der Waals surface area contributed by atoms with Gasteiger partial charge in [-0.3, -0.25) is 0 Å². The number of ether oxygens (including phenoxy) is 1. The van der Waals surface area contributed by atoms with E-state index in [1.54, 1.807) is 13.8 Å². The second-order valence-electron chi connectivity index (χ2n) is 12.1. The van der Waals surface area contributed by atoms with Crippen LogP contribution in [0.2, 0.25) is 0 Å². The Morgan fingerprint density at radius 3 is 2.38 bits per heavy atom. The molecule has 9 heteroatoms. The third-order valence-corrected chi connectivity index (χ3v) is 9.64. The first kappa shape index (κ1) is 30.2. The van der Waals surface area contributed by atoms with Gasteiger partial charge in [0.2, 0.25) is 0 Å². The van der Waals surface area contributed by atoms with Crippen molar-refractivity contribution in [2.45, 2.75) is 52.2 Å². The normalized spacial score (nSPS) is 15.9. The van der Waals surface area contributed by atoms with Crippen LogP contribution in [0.5, 0.6) is 0 Å². The van der Waals surface area contributed by atoms with Crippen LogP contribution in [0, 0.1) is 11.3 Å². The molecule has 7 nitrogen and oxygen atoms in total. The number of piperazine rings is 1. The summed E-state index contributed by atoms with van der Waals surface area (Å²) in [6.07, 6.45) is 1.92. The number of likely N-dealkylation sites (N-methyl/N-ethyl adjacent to an activating group) is 1. The summed E-state index contributed by atoms with van der Waals surface area (Å²) in [4.78, 5) is 6.20. The van der Waals surface area contributed by atoms with Crippen LogP contribution in [-0.4, -0.2) is 64.3 Å². The van der Waals surface area contributed by atoms with Crippen LogP contribution in [0.4, 0.5) is 5.69 Å². The number of sulfonamides is 1. The van der Waals surface area contributed by atoms with Gasteiger partial charge < -0.3 is 14.5 Å². The fourth-order valence-corrected chi connectivity index (χ4v) is 6.98. The van der Waals surface area contributed by atoms with Gasteiger partial charge in [-0.25, -0.2) is 13.1 Å². The molecular weight excluding hydrogens is 541 g/mol. The number of rotatable bonds is 9. The fraction of sp³-hybridized carbons (Fsp3) is 0.452. The average Bonchev–Trinajstić information content (AvgIpc) is 3.34. The zero-order valence-corrected chi connectivity index (χ0v) is 26.0. The highest BCUT2D eigenvalue weighted by molar-refractivity contribution is 7.93. The highest BCUT2D eigenvalue weighted by atomic mass is 32.2. The van der Waals surface area contributed by atoms with Crippen LogP contribution in [0.25, 0.3) is 27.3 Å². The van der Waals surface area contributed by atoms with Gasteiger partial charge in [-0.15, -0.1) is 11.3 Å². The molecule has 40 heavy (non-hydrogen) atoms. The number of fused-ring (bicyclic) bond motifs is 1. The number of allylic oxidation sites excluding steroid dienone is 1. The number of nitrogens with zero attached hydrogens (tertiary/aromatic N) is 3. The maximum atomic E-state index is 13.1. The number of hydrogen-bond acceptors (Lipinski definition) is 7. The Hall–Kier alpha value is -2.74. The van der Waals surface area contributed by atoms with Crippen molar-refractivity contribution in [1.82, 2.24) is 9.62 Å². The van der Waals surface area contributed by atoms with Crippen molar-refractivity contribution in [1.29, 1.82) is 5.26 Å². The average molecular weight is 581 g/mol. The third kappa shape index (κ3) is 7.93. The molecule has 4 rings (SSSR count). The lowest BCUT2D eigenvalue weighted by Crippen LogP contribution is -2.44. The van der Waals surface area contributed by atoms with E-state index in [-0.39, 0.29) is 10.5 Å². The van der Waals surface area contributed by atoms with E-state index in [0.29, 0.717) is 17.9 Å². The van der Waals surface area contributed by atoms with Crippen LogP contribution in [0.15, 0.2) is 53.4 Å². The lowest BCUT2D eigenvalue weighted by Gasteiger charge is -2.34. The van der Waals surface area contributed by atoms with E-state index >= 15 is 0 Å². The lowest BCUT2D eigenvalue weighted by atomic mass is 10.0. The minimum Gasteiger partial charge on any atom is -0.376 e. The Morgan fingerprint density at radius 1 is 1.02 bits per heavy atom. The molecule has 0 saturated carbocycles. The summed E-state index contributed by atoms with van der Waals surface area (Å²) in [5, 5.41) is 12.1. The number of anilines is 1. The van der Waals surface area contributed by atoms with Crippen LogP contribution in [-0.2, 0) is 14.8 Å². The minimum absolute atomic E-state index is 0.303.